The van der Waals surface area contributed by atoms with Crippen LogP contribution in [0.1, 0.15) is 41.9 Å². The van der Waals surface area contributed by atoms with Crippen LogP contribution < -0.4 is 16.2 Å². The third-order valence-corrected chi connectivity index (χ3v) is 6.10. The van der Waals surface area contributed by atoms with Gasteiger partial charge in [-0.2, -0.15) is 0 Å². The van der Waals surface area contributed by atoms with E-state index in [1.165, 1.54) is 10.4 Å². The molecule has 4 rings (SSSR count). The van der Waals surface area contributed by atoms with E-state index in [1.807, 2.05) is 0 Å². The Morgan fingerprint density at radius 3 is 2.96 bits per heavy atom. The molecule has 7 heteroatoms. The number of aromatic nitrogens is 2. The Kier molecular flexibility index (Phi) is 4.37. The lowest BCUT2D eigenvalue weighted by atomic mass is 10.1. The number of fused-ring (bicyclic) bond motifs is 3. The molecule has 0 saturated carbocycles. The normalized spacial score (nSPS) is 18.0. The number of rotatable bonds is 4. The van der Waals surface area contributed by atoms with Gasteiger partial charge in [0.1, 0.15) is 10.7 Å². The summed E-state index contributed by atoms with van der Waals surface area (Å²) in [7, 11) is 0. The fraction of sp³-hybridized carbons (Fsp3) is 0.588. The van der Waals surface area contributed by atoms with Gasteiger partial charge in [-0.05, 0) is 50.8 Å². The van der Waals surface area contributed by atoms with Crippen LogP contribution in [0.3, 0.4) is 0 Å². The summed E-state index contributed by atoms with van der Waals surface area (Å²) in [6, 6.07) is 0.272. The van der Waals surface area contributed by atoms with E-state index < -0.39 is 0 Å². The highest BCUT2D eigenvalue weighted by atomic mass is 32.1. The van der Waals surface area contributed by atoms with E-state index in [2.05, 4.69) is 20.6 Å². The van der Waals surface area contributed by atoms with Crippen molar-refractivity contribution in [3.05, 3.63) is 26.6 Å². The predicted octanol–water partition coefficient (Wildman–Crippen LogP) is 1.27. The van der Waals surface area contributed by atoms with E-state index in [0.29, 0.717) is 18.7 Å². The number of nitrogens with one attached hydrogen (secondary N) is 3. The fourth-order valence-electron chi connectivity index (χ4n) is 3.66. The number of piperidine rings is 1. The smallest absolute Gasteiger partial charge is 0.259 e. The number of amides is 1. The van der Waals surface area contributed by atoms with Gasteiger partial charge in [0.2, 0.25) is 5.91 Å². The minimum Gasteiger partial charge on any atom is -0.353 e. The number of carbonyl (C=O) groups is 1. The summed E-state index contributed by atoms with van der Waals surface area (Å²) in [5, 5.41) is 7.14. The van der Waals surface area contributed by atoms with Crippen molar-refractivity contribution in [3.8, 4) is 0 Å². The van der Waals surface area contributed by atoms with Gasteiger partial charge in [-0.25, -0.2) is 4.98 Å². The van der Waals surface area contributed by atoms with Crippen LogP contribution in [0.4, 0.5) is 0 Å². The quantitative estimate of drug-likeness (QED) is 0.778. The first kappa shape index (κ1) is 15.8. The average Bonchev–Trinajstić information content (AvgIpc) is 3.14. The molecule has 1 aliphatic heterocycles. The van der Waals surface area contributed by atoms with Gasteiger partial charge in [0.15, 0.2) is 0 Å². The number of hydrogen-bond donors (Lipinski definition) is 3. The fourth-order valence-corrected chi connectivity index (χ4v) is 4.94. The Bertz CT molecular complexity index is 820. The zero-order valence-corrected chi connectivity index (χ0v) is 14.4. The van der Waals surface area contributed by atoms with Crippen LogP contribution in [0.15, 0.2) is 4.79 Å². The van der Waals surface area contributed by atoms with E-state index in [0.717, 1.165) is 55.4 Å². The molecule has 1 amide bonds. The molecule has 0 bridgehead atoms. The molecule has 3 heterocycles. The standard InChI is InChI=1S/C17H22N4O2S/c22-14(19-10-6-8-18-9-7-10)5-4-13-20-16(23)15-11-2-1-3-12(11)24-17(15)21-13/h10,18H,1-9H2,(H,19,22)(H,20,21,23). The number of aryl methyl sites for hydroxylation is 3. The molecule has 1 aliphatic carbocycles. The van der Waals surface area contributed by atoms with E-state index >= 15 is 0 Å². The molecule has 0 unspecified atom stereocenters. The van der Waals surface area contributed by atoms with Crippen LogP contribution in [0, 0.1) is 0 Å². The van der Waals surface area contributed by atoms with Gasteiger partial charge < -0.3 is 15.6 Å². The summed E-state index contributed by atoms with van der Waals surface area (Å²) in [6.07, 6.45) is 5.98. The zero-order valence-electron chi connectivity index (χ0n) is 13.6. The maximum Gasteiger partial charge on any atom is 0.259 e. The van der Waals surface area contributed by atoms with Crippen molar-refractivity contribution in [2.45, 2.75) is 51.0 Å². The number of H-pyrrole nitrogens is 1. The summed E-state index contributed by atoms with van der Waals surface area (Å²) in [5.41, 5.74) is 1.15. The number of hydrogen-bond acceptors (Lipinski definition) is 5. The molecule has 24 heavy (non-hydrogen) atoms. The zero-order chi connectivity index (χ0) is 16.5. The van der Waals surface area contributed by atoms with Crippen LogP contribution in [0.5, 0.6) is 0 Å². The van der Waals surface area contributed by atoms with Crippen molar-refractivity contribution in [1.82, 2.24) is 20.6 Å². The van der Waals surface area contributed by atoms with Crippen molar-refractivity contribution in [2.75, 3.05) is 13.1 Å². The monoisotopic (exact) mass is 346 g/mol. The third-order valence-electron chi connectivity index (χ3n) is 4.92. The molecule has 2 aromatic heterocycles. The van der Waals surface area contributed by atoms with Crippen LogP contribution in [0.2, 0.25) is 0 Å². The Balaban J connectivity index is 1.43. The van der Waals surface area contributed by atoms with Gasteiger partial charge in [-0.3, -0.25) is 9.59 Å². The molecule has 0 spiro atoms. The van der Waals surface area contributed by atoms with E-state index in [4.69, 9.17) is 0 Å². The topological polar surface area (TPSA) is 86.9 Å². The van der Waals surface area contributed by atoms with Gasteiger partial charge in [0, 0.05) is 23.8 Å². The van der Waals surface area contributed by atoms with Gasteiger partial charge in [0.25, 0.3) is 5.56 Å². The first-order chi connectivity index (χ1) is 11.7. The number of aromatic amines is 1. The summed E-state index contributed by atoms with van der Waals surface area (Å²) in [5.74, 6) is 0.659. The van der Waals surface area contributed by atoms with Gasteiger partial charge in [-0.1, -0.05) is 0 Å². The molecule has 6 nitrogen and oxygen atoms in total. The Morgan fingerprint density at radius 1 is 1.29 bits per heavy atom. The van der Waals surface area contributed by atoms with Crippen LogP contribution in [-0.2, 0) is 24.1 Å². The van der Waals surface area contributed by atoms with Crippen molar-refractivity contribution in [3.63, 3.8) is 0 Å². The lowest BCUT2D eigenvalue weighted by Gasteiger charge is -2.23. The molecular formula is C17H22N4O2S. The van der Waals surface area contributed by atoms with E-state index in [9.17, 15) is 9.59 Å². The van der Waals surface area contributed by atoms with Crippen LogP contribution in [-0.4, -0.2) is 35.0 Å². The summed E-state index contributed by atoms with van der Waals surface area (Å²) in [4.78, 5) is 34.1. The molecule has 1 fully saturated rings. The summed E-state index contributed by atoms with van der Waals surface area (Å²) < 4.78 is 0. The molecule has 3 N–H and O–H groups in total. The molecule has 128 valence electrons. The average molecular weight is 346 g/mol. The maximum absolute atomic E-state index is 12.4. The second kappa shape index (κ2) is 6.64. The van der Waals surface area contributed by atoms with Gasteiger partial charge >= 0.3 is 0 Å². The second-order valence-electron chi connectivity index (χ2n) is 6.64. The first-order valence-electron chi connectivity index (χ1n) is 8.74. The third kappa shape index (κ3) is 3.10. The largest absolute Gasteiger partial charge is 0.353 e. The maximum atomic E-state index is 12.4. The molecule has 0 radical (unpaired) electrons. The van der Waals surface area contributed by atoms with E-state index in [1.54, 1.807) is 11.3 Å². The van der Waals surface area contributed by atoms with Crippen molar-refractivity contribution in [2.24, 2.45) is 0 Å². The van der Waals surface area contributed by atoms with Gasteiger partial charge in [-0.15, -0.1) is 11.3 Å². The molecule has 2 aromatic rings. The number of thiophene rings is 1. The Labute approximate surface area is 144 Å². The highest BCUT2D eigenvalue weighted by molar-refractivity contribution is 7.18. The minimum absolute atomic E-state index is 0.0401. The van der Waals surface area contributed by atoms with Crippen LogP contribution >= 0.6 is 11.3 Å². The molecule has 1 saturated heterocycles. The molecule has 0 atom stereocenters. The van der Waals surface area contributed by atoms with Crippen molar-refractivity contribution >= 4 is 27.5 Å². The number of nitrogens with zero attached hydrogens (tertiary/aromatic N) is 1. The summed E-state index contributed by atoms with van der Waals surface area (Å²) in [6.45, 7) is 1.92. The first-order valence-corrected chi connectivity index (χ1v) is 9.56. The lowest BCUT2D eigenvalue weighted by Crippen LogP contribution is -2.42. The SMILES string of the molecule is O=C(CCc1nc2sc3c(c2c(=O)[nH]1)CCC3)NC1CCNCC1. The lowest BCUT2D eigenvalue weighted by molar-refractivity contribution is -0.121. The molecule has 2 aliphatic rings. The second-order valence-corrected chi connectivity index (χ2v) is 7.73. The van der Waals surface area contributed by atoms with Crippen molar-refractivity contribution in [1.29, 1.82) is 0 Å². The van der Waals surface area contributed by atoms with Crippen molar-refractivity contribution < 1.29 is 4.79 Å². The highest BCUT2D eigenvalue weighted by Crippen LogP contribution is 2.34. The van der Waals surface area contributed by atoms with Gasteiger partial charge in [0.05, 0.1) is 5.39 Å². The number of carbonyl (C=O) groups excluding carboxylic acids is 1. The molecule has 0 aromatic carbocycles. The van der Waals surface area contributed by atoms with Crippen LogP contribution in [0.25, 0.3) is 10.2 Å². The van der Waals surface area contributed by atoms with E-state index in [-0.39, 0.29) is 17.5 Å². The minimum atomic E-state index is -0.0480. The highest BCUT2D eigenvalue weighted by Gasteiger charge is 2.21. The summed E-state index contributed by atoms with van der Waals surface area (Å²) >= 11 is 1.64. The predicted molar refractivity (Wildman–Crippen MR) is 94.6 cm³/mol. The Hall–Kier alpha value is -1.73. The Morgan fingerprint density at radius 2 is 2.12 bits per heavy atom. The molecular weight excluding hydrogens is 324 g/mol.